The van der Waals surface area contributed by atoms with Crippen molar-refractivity contribution in [1.82, 2.24) is 4.90 Å². The van der Waals surface area contributed by atoms with Crippen molar-refractivity contribution in [2.75, 3.05) is 13.1 Å². The summed E-state index contributed by atoms with van der Waals surface area (Å²) in [5.41, 5.74) is 6.69. The van der Waals surface area contributed by atoms with Crippen LogP contribution in [-0.4, -0.2) is 23.9 Å². The fourth-order valence-electron chi connectivity index (χ4n) is 2.01. The molecule has 4 heteroatoms. The summed E-state index contributed by atoms with van der Waals surface area (Å²) in [5, 5.41) is 0. The van der Waals surface area contributed by atoms with Crippen molar-refractivity contribution in [3.63, 3.8) is 0 Å². The summed E-state index contributed by atoms with van der Waals surface area (Å²) >= 11 is 0. The van der Waals surface area contributed by atoms with Crippen LogP contribution in [0.4, 0.5) is 0 Å². The zero-order valence-corrected chi connectivity index (χ0v) is 12.0. The minimum atomic E-state index is -0.0594. The topological polar surface area (TPSA) is 59.5 Å². The third-order valence-corrected chi connectivity index (χ3v) is 3.08. The Kier molecular flexibility index (Phi) is 5.19. The van der Waals surface area contributed by atoms with Crippen LogP contribution >= 0.6 is 0 Å². The second kappa shape index (κ2) is 7.32. The molecule has 0 spiro atoms. The molecule has 1 aromatic carbocycles. The molecule has 2 rings (SSSR count). The maximum absolute atomic E-state index is 12.7. The highest BCUT2D eigenvalue weighted by atomic mass is 16.3. The third kappa shape index (κ3) is 3.74. The predicted molar refractivity (Wildman–Crippen MR) is 81.5 cm³/mol. The second-order valence-corrected chi connectivity index (χ2v) is 4.45. The molecule has 4 nitrogen and oxygen atoms in total. The number of hydrogen-bond donors (Lipinski definition) is 1. The molecular weight excluding hydrogens is 264 g/mol. The van der Waals surface area contributed by atoms with Gasteiger partial charge < -0.3 is 15.1 Å². The van der Waals surface area contributed by atoms with Gasteiger partial charge in [0.25, 0.3) is 5.91 Å². The molecule has 0 aliphatic carbocycles. The molecule has 0 unspecified atom stereocenters. The van der Waals surface area contributed by atoms with Gasteiger partial charge in [-0.1, -0.05) is 24.0 Å². The zero-order chi connectivity index (χ0) is 15.1. The molecular formula is C17H18N2O2. The molecule has 0 saturated carbocycles. The number of carbonyl (C=O) groups excluding carboxylic acids is 1. The summed E-state index contributed by atoms with van der Waals surface area (Å²) in [6.45, 7) is 3.25. The molecule has 0 atom stereocenters. The van der Waals surface area contributed by atoms with Gasteiger partial charge in [-0.15, -0.1) is 0 Å². The number of amides is 1. The first kappa shape index (κ1) is 14.9. The lowest BCUT2D eigenvalue weighted by Crippen LogP contribution is -2.30. The number of nitrogens with two attached hydrogens (primary N) is 1. The van der Waals surface area contributed by atoms with Crippen LogP contribution in [-0.2, 0) is 6.54 Å². The van der Waals surface area contributed by atoms with Gasteiger partial charge in [0, 0.05) is 12.1 Å². The quantitative estimate of drug-likeness (QED) is 0.875. The summed E-state index contributed by atoms with van der Waals surface area (Å²) in [5.74, 6) is 6.44. The van der Waals surface area contributed by atoms with Crippen molar-refractivity contribution < 1.29 is 9.21 Å². The lowest BCUT2D eigenvalue weighted by molar-refractivity contribution is 0.0741. The number of carbonyl (C=O) groups is 1. The van der Waals surface area contributed by atoms with Gasteiger partial charge in [-0.25, -0.2) is 0 Å². The number of benzene rings is 1. The molecule has 0 radical (unpaired) electrons. The van der Waals surface area contributed by atoms with Gasteiger partial charge in [0.1, 0.15) is 5.76 Å². The van der Waals surface area contributed by atoms with Crippen LogP contribution in [0.15, 0.2) is 47.1 Å². The minimum absolute atomic E-state index is 0.0594. The van der Waals surface area contributed by atoms with Crippen LogP contribution in [0.2, 0.25) is 0 Å². The van der Waals surface area contributed by atoms with Crippen molar-refractivity contribution in [1.29, 1.82) is 0 Å². The van der Waals surface area contributed by atoms with E-state index in [-0.39, 0.29) is 12.5 Å². The number of rotatable bonds is 4. The van der Waals surface area contributed by atoms with Gasteiger partial charge in [0.2, 0.25) is 0 Å². The van der Waals surface area contributed by atoms with Gasteiger partial charge in [-0.2, -0.15) is 0 Å². The SMILES string of the molecule is CCN(Cc1ccco1)C(=O)c1ccccc1C#CCN. The van der Waals surface area contributed by atoms with Crippen molar-refractivity contribution in [2.45, 2.75) is 13.5 Å². The van der Waals surface area contributed by atoms with E-state index >= 15 is 0 Å². The molecule has 0 bridgehead atoms. The van der Waals surface area contributed by atoms with E-state index in [0.717, 1.165) is 5.76 Å². The Bertz CT molecular complexity index is 651. The lowest BCUT2D eigenvalue weighted by Gasteiger charge is -2.20. The normalized spacial score (nSPS) is 9.81. The largest absolute Gasteiger partial charge is 0.467 e. The highest BCUT2D eigenvalue weighted by Gasteiger charge is 2.17. The van der Waals surface area contributed by atoms with E-state index in [1.54, 1.807) is 17.2 Å². The fraction of sp³-hybridized carbons (Fsp3) is 0.235. The Morgan fingerprint density at radius 3 is 2.76 bits per heavy atom. The average molecular weight is 282 g/mol. The smallest absolute Gasteiger partial charge is 0.255 e. The Hall–Kier alpha value is -2.51. The van der Waals surface area contributed by atoms with E-state index in [4.69, 9.17) is 10.2 Å². The lowest BCUT2D eigenvalue weighted by atomic mass is 10.1. The van der Waals surface area contributed by atoms with Crippen molar-refractivity contribution >= 4 is 5.91 Å². The number of furan rings is 1. The highest BCUT2D eigenvalue weighted by Crippen LogP contribution is 2.14. The van der Waals surface area contributed by atoms with E-state index in [1.807, 2.05) is 37.3 Å². The van der Waals surface area contributed by atoms with Crippen molar-refractivity contribution in [3.05, 3.63) is 59.5 Å². The molecule has 108 valence electrons. The van der Waals surface area contributed by atoms with E-state index < -0.39 is 0 Å². The van der Waals surface area contributed by atoms with Crippen molar-refractivity contribution in [3.8, 4) is 11.8 Å². The molecule has 0 aliphatic heterocycles. The van der Waals surface area contributed by atoms with E-state index in [0.29, 0.717) is 24.2 Å². The summed E-state index contributed by atoms with van der Waals surface area (Å²) in [7, 11) is 0. The average Bonchev–Trinajstić information content (AvgIpc) is 3.03. The Morgan fingerprint density at radius 2 is 2.10 bits per heavy atom. The summed E-state index contributed by atoms with van der Waals surface area (Å²) < 4.78 is 5.31. The Morgan fingerprint density at radius 1 is 1.29 bits per heavy atom. The molecule has 1 heterocycles. The first-order valence-electron chi connectivity index (χ1n) is 6.86. The predicted octanol–water partition coefficient (Wildman–Crippen LogP) is 2.25. The van der Waals surface area contributed by atoms with Gasteiger partial charge in [-0.3, -0.25) is 4.79 Å². The molecule has 0 aliphatic rings. The van der Waals surface area contributed by atoms with E-state index in [9.17, 15) is 4.79 Å². The molecule has 0 saturated heterocycles. The molecule has 1 amide bonds. The standard InChI is InChI=1S/C17H18N2O2/c1-2-19(13-15-9-6-12-21-15)17(20)16-10-4-3-7-14(16)8-5-11-18/h3-4,6-7,9-10,12H,2,11,13,18H2,1H3. The van der Waals surface area contributed by atoms with Gasteiger partial charge in [-0.05, 0) is 31.2 Å². The third-order valence-electron chi connectivity index (χ3n) is 3.08. The summed E-state index contributed by atoms with van der Waals surface area (Å²) in [6.07, 6.45) is 1.61. The monoisotopic (exact) mass is 282 g/mol. The Balaban J connectivity index is 2.25. The first-order chi connectivity index (χ1) is 10.3. The molecule has 21 heavy (non-hydrogen) atoms. The molecule has 2 N–H and O–H groups in total. The van der Waals surface area contributed by atoms with Crippen LogP contribution in [0.5, 0.6) is 0 Å². The van der Waals surface area contributed by atoms with Gasteiger partial charge >= 0.3 is 0 Å². The first-order valence-corrected chi connectivity index (χ1v) is 6.86. The maximum Gasteiger partial charge on any atom is 0.255 e. The Labute approximate surface area is 124 Å². The van der Waals surface area contributed by atoms with Crippen LogP contribution < -0.4 is 5.73 Å². The van der Waals surface area contributed by atoms with E-state index in [1.165, 1.54) is 0 Å². The van der Waals surface area contributed by atoms with Gasteiger partial charge in [0.05, 0.1) is 24.9 Å². The van der Waals surface area contributed by atoms with Crippen LogP contribution in [0.25, 0.3) is 0 Å². The molecule has 0 fully saturated rings. The van der Waals surface area contributed by atoms with Crippen molar-refractivity contribution in [2.24, 2.45) is 5.73 Å². The minimum Gasteiger partial charge on any atom is -0.467 e. The number of nitrogens with zero attached hydrogens (tertiary/aromatic N) is 1. The molecule has 1 aromatic heterocycles. The van der Waals surface area contributed by atoms with Gasteiger partial charge in [0.15, 0.2) is 0 Å². The highest BCUT2D eigenvalue weighted by molar-refractivity contribution is 5.96. The summed E-state index contributed by atoms with van der Waals surface area (Å²) in [4.78, 5) is 14.4. The van der Waals surface area contributed by atoms with Crippen LogP contribution in [0, 0.1) is 11.8 Å². The zero-order valence-electron chi connectivity index (χ0n) is 12.0. The van der Waals surface area contributed by atoms with Crippen LogP contribution in [0.1, 0.15) is 28.6 Å². The molecule has 2 aromatic rings. The fourth-order valence-corrected chi connectivity index (χ4v) is 2.01. The summed E-state index contributed by atoms with van der Waals surface area (Å²) in [6, 6.07) is 11.0. The van der Waals surface area contributed by atoms with E-state index in [2.05, 4.69) is 11.8 Å². The van der Waals surface area contributed by atoms with Crippen LogP contribution in [0.3, 0.4) is 0 Å². The number of hydrogen-bond acceptors (Lipinski definition) is 3. The maximum atomic E-state index is 12.7. The second-order valence-electron chi connectivity index (χ2n) is 4.45.